The van der Waals surface area contributed by atoms with E-state index in [9.17, 15) is 0 Å². The van der Waals surface area contributed by atoms with Crippen molar-refractivity contribution in [1.29, 1.82) is 0 Å². The lowest BCUT2D eigenvalue weighted by atomic mass is 10.1. The molecule has 0 N–H and O–H groups in total. The minimum absolute atomic E-state index is 0.748. The molecule has 0 atom stereocenters. The predicted octanol–water partition coefficient (Wildman–Crippen LogP) is 10.6. The Kier molecular flexibility index (Phi) is 5.35. The molecule has 0 bridgehead atoms. The summed E-state index contributed by atoms with van der Waals surface area (Å²) >= 11 is 7.97. The highest BCUT2D eigenvalue weighted by Gasteiger charge is 2.25. The van der Waals surface area contributed by atoms with Crippen LogP contribution in [0.1, 0.15) is 0 Å². The van der Waals surface area contributed by atoms with Gasteiger partial charge in [0.1, 0.15) is 11.5 Å². The minimum atomic E-state index is 0.748. The van der Waals surface area contributed by atoms with Crippen LogP contribution in [-0.4, -0.2) is 0 Å². The standard InChI is InChI=1S/C33H20O2S2/c36-31-25-27(21-13-5-1-6-14-21)34-29(23-17-9-3-10-18-23)32(25)37-33-26(31)28(22-15-7-2-8-16-22)35-30(33)24-19-11-4-12-20-24/h1-20H. The van der Waals surface area contributed by atoms with Gasteiger partial charge in [0.2, 0.25) is 0 Å². The lowest BCUT2D eigenvalue weighted by molar-refractivity contribution is 0.601. The van der Waals surface area contributed by atoms with Crippen molar-refractivity contribution >= 4 is 43.7 Å². The lowest BCUT2D eigenvalue weighted by Gasteiger charge is -2.01. The van der Waals surface area contributed by atoms with Crippen molar-refractivity contribution in [2.24, 2.45) is 0 Å². The van der Waals surface area contributed by atoms with Gasteiger partial charge in [0, 0.05) is 22.3 Å². The second-order valence-corrected chi connectivity index (χ2v) is 10.3. The Morgan fingerprint density at radius 2 is 0.703 bits per heavy atom. The van der Waals surface area contributed by atoms with Gasteiger partial charge in [-0.2, -0.15) is 0 Å². The molecule has 0 saturated heterocycles. The second-order valence-electron chi connectivity index (χ2n) is 8.82. The van der Waals surface area contributed by atoms with Crippen LogP contribution in [0.15, 0.2) is 130 Å². The molecule has 2 nitrogen and oxygen atoms in total. The highest BCUT2D eigenvalue weighted by atomic mass is 32.1. The van der Waals surface area contributed by atoms with Gasteiger partial charge < -0.3 is 8.83 Å². The number of hydrogen-bond donors (Lipinski definition) is 0. The van der Waals surface area contributed by atoms with E-state index in [0.717, 1.165) is 70.0 Å². The van der Waals surface area contributed by atoms with Gasteiger partial charge in [0.15, 0.2) is 11.5 Å². The van der Waals surface area contributed by atoms with Crippen LogP contribution in [0.25, 0.3) is 65.5 Å². The lowest BCUT2D eigenvalue weighted by Crippen LogP contribution is -1.79. The summed E-state index contributed by atoms with van der Waals surface area (Å²) in [5, 5.41) is 1.91. The first-order chi connectivity index (χ1) is 18.3. The van der Waals surface area contributed by atoms with Crippen molar-refractivity contribution < 1.29 is 8.83 Å². The quantitative estimate of drug-likeness (QED) is 0.219. The zero-order valence-corrected chi connectivity index (χ0v) is 21.3. The fourth-order valence-corrected chi connectivity index (χ4v) is 6.63. The van der Waals surface area contributed by atoms with Gasteiger partial charge in [-0.15, -0.1) is 11.3 Å². The molecule has 0 aliphatic carbocycles. The topological polar surface area (TPSA) is 26.3 Å². The van der Waals surface area contributed by atoms with Gasteiger partial charge >= 0.3 is 0 Å². The van der Waals surface area contributed by atoms with Gasteiger partial charge in [-0.25, -0.2) is 0 Å². The molecule has 0 unspecified atom stereocenters. The molecule has 176 valence electrons. The third-order valence-corrected chi connectivity index (χ3v) is 8.13. The SMILES string of the molecule is S=c1c2c(-c3ccccc3)oc(-c3ccccc3)c2sc2c(-c3ccccc3)oc(-c3ccccc3)c12. The van der Waals surface area contributed by atoms with Gasteiger partial charge in [-0.1, -0.05) is 134 Å². The first kappa shape index (κ1) is 22.0. The fourth-order valence-electron chi connectivity index (χ4n) is 4.81. The van der Waals surface area contributed by atoms with Crippen LogP contribution in [-0.2, 0) is 0 Å². The van der Waals surface area contributed by atoms with Gasteiger partial charge in [0.05, 0.1) is 24.7 Å². The molecule has 0 aliphatic rings. The highest BCUT2D eigenvalue weighted by molar-refractivity contribution is 7.72. The first-order valence-electron chi connectivity index (χ1n) is 12.1. The molecule has 7 rings (SSSR count). The molecule has 0 amide bonds. The Morgan fingerprint density at radius 1 is 0.405 bits per heavy atom. The normalized spacial score (nSPS) is 11.4. The third kappa shape index (κ3) is 3.65. The fraction of sp³-hybridized carbons (Fsp3) is 0. The maximum absolute atomic E-state index is 6.66. The maximum Gasteiger partial charge on any atom is 0.152 e. The summed E-state index contributed by atoms with van der Waals surface area (Å²) in [5.41, 5.74) is 4.04. The number of furan rings is 2. The zero-order valence-electron chi connectivity index (χ0n) is 19.7. The summed E-state index contributed by atoms with van der Waals surface area (Å²) in [5.74, 6) is 3.24. The molecular weight excluding hydrogens is 492 g/mol. The largest absolute Gasteiger partial charge is 0.454 e. The van der Waals surface area contributed by atoms with Crippen molar-refractivity contribution in [3.8, 4) is 45.3 Å². The Morgan fingerprint density at radius 3 is 1.03 bits per heavy atom. The molecule has 0 saturated carbocycles. The Balaban J connectivity index is 1.66. The van der Waals surface area contributed by atoms with E-state index in [-0.39, 0.29) is 0 Å². The molecule has 0 radical (unpaired) electrons. The summed E-state index contributed by atoms with van der Waals surface area (Å²) < 4.78 is 16.1. The van der Waals surface area contributed by atoms with Crippen molar-refractivity contribution in [2.75, 3.05) is 0 Å². The Bertz CT molecular complexity index is 1780. The molecular formula is C33H20O2S2. The Labute approximate surface area is 223 Å². The second kappa shape index (κ2) is 9.00. The number of rotatable bonds is 4. The van der Waals surface area contributed by atoms with Crippen LogP contribution >= 0.6 is 23.6 Å². The molecule has 4 aromatic carbocycles. The molecule has 3 aromatic heterocycles. The van der Waals surface area contributed by atoms with E-state index in [4.69, 9.17) is 21.1 Å². The summed E-state index contributed by atoms with van der Waals surface area (Å²) in [6.07, 6.45) is 0. The smallest absolute Gasteiger partial charge is 0.152 e. The van der Waals surface area contributed by atoms with Crippen LogP contribution in [0.5, 0.6) is 0 Å². The van der Waals surface area contributed by atoms with Crippen molar-refractivity contribution in [1.82, 2.24) is 0 Å². The molecule has 3 heterocycles. The van der Waals surface area contributed by atoms with E-state index in [2.05, 4.69) is 48.5 Å². The van der Waals surface area contributed by atoms with E-state index in [1.165, 1.54) is 0 Å². The first-order valence-corrected chi connectivity index (χ1v) is 13.3. The van der Waals surface area contributed by atoms with E-state index >= 15 is 0 Å². The van der Waals surface area contributed by atoms with Crippen LogP contribution in [0.3, 0.4) is 0 Å². The summed E-state index contributed by atoms with van der Waals surface area (Å²) in [4.78, 5) is 0. The predicted molar refractivity (Wildman–Crippen MR) is 156 cm³/mol. The van der Waals surface area contributed by atoms with E-state index < -0.39 is 0 Å². The van der Waals surface area contributed by atoms with Crippen LogP contribution in [0.4, 0.5) is 0 Å². The summed E-state index contributed by atoms with van der Waals surface area (Å²) in [7, 11) is 0. The number of hydrogen-bond acceptors (Lipinski definition) is 4. The van der Waals surface area contributed by atoms with E-state index in [1.807, 2.05) is 72.8 Å². The molecule has 7 aromatic rings. The average molecular weight is 513 g/mol. The monoisotopic (exact) mass is 512 g/mol. The molecule has 4 heteroatoms. The van der Waals surface area contributed by atoms with Crippen molar-refractivity contribution in [3.63, 3.8) is 0 Å². The van der Waals surface area contributed by atoms with E-state index in [1.54, 1.807) is 11.3 Å². The van der Waals surface area contributed by atoms with Gasteiger partial charge in [-0.05, 0) is 0 Å². The van der Waals surface area contributed by atoms with Crippen molar-refractivity contribution in [2.45, 2.75) is 0 Å². The highest BCUT2D eigenvalue weighted by Crippen LogP contribution is 2.50. The van der Waals surface area contributed by atoms with Crippen LogP contribution in [0, 0.1) is 4.51 Å². The number of benzene rings is 4. The maximum atomic E-state index is 6.66. The van der Waals surface area contributed by atoms with Crippen molar-refractivity contribution in [3.05, 3.63) is 126 Å². The zero-order chi connectivity index (χ0) is 24.8. The summed E-state index contributed by atoms with van der Waals surface area (Å²) in [6, 6.07) is 40.9. The molecule has 0 spiro atoms. The minimum Gasteiger partial charge on any atom is -0.454 e. The number of fused-ring (bicyclic) bond motifs is 2. The average Bonchev–Trinajstić information content (AvgIpc) is 3.55. The van der Waals surface area contributed by atoms with Gasteiger partial charge in [-0.3, -0.25) is 0 Å². The molecule has 37 heavy (non-hydrogen) atoms. The Hall–Kier alpha value is -4.25. The molecule has 0 aliphatic heterocycles. The summed E-state index contributed by atoms with van der Waals surface area (Å²) in [6.45, 7) is 0. The third-order valence-electron chi connectivity index (χ3n) is 6.53. The van der Waals surface area contributed by atoms with Gasteiger partial charge in [0.25, 0.3) is 0 Å². The molecule has 0 fully saturated rings. The van der Waals surface area contributed by atoms with Crippen LogP contribution < -0.4 is 0 Å². The van der Waals surface area contributed by atoms with E-state index in [0.29, 0.717) is 0 Å². The van der Waals surface area contributed by atoms with Crippen LogP contribution in [0.2, 0.25) is 0 Å².